The first-order valence-corrected chi connectivity index (χ1v) is 11.7. The van der Waals surface area contributed by atoms with Gasteiger partial charge in [-0.1, -0.05) is 59.9 Å². The number of hydrogen-bond donors (Lipinski definition) is 0. The maximum absolute atomic E-state index is 13.6. The molecule has 0 amide bonds. The largest absolute Gasteiger partial charge is 0.493 e. The molecule has 0 aliphatic carbocycles. The van der Waals surface area contributed by atoms with Crippen molar-refractivity contribution in [1.82, 2.24) is 4.57 Å². The van der Waals surface area contributed by atoms with Crippen LogP contribution in [0.3, 0.4) is 0 Å². The molecule has 2 aromatic carbocycles. The molecular formula is C26H26N2O4S. The molecule has 0 saturated heterocycles. The summed E-state index contributed by atoms with van der Waals surface area (Å²) in [6, 6.07) is 16.5. The van der Waals surface area contributed by atoms with Gasteiger partial charge in [-0.05, 0) is 45.4 Å². The number of esters is 1. The van der Waals surface area contributed by atoms with E-state index in [-0.39, 0.29) is 11.7 Å². The van der Waals surface area contributed by atoms with Crippen molar-refractivity contribution in [2.24, 2.45) is 4.99 Å². The van der Waals surface area contributed by atoms with Crippen LogP contribution in [0.1, 0.15) is 44.9 Å². The molecule has 0 fully saturated rings. The summed E-state index contributed by atoms with van der Waals surface area (Å²) < 4.78 is 13.4. The molecule has 1 aliphatic rings. The van der Waals surface area contributed by atoms with Gasteiger partial charge < -0.3 is 9.47 Å². The summed E-state index contributed by atoms with van der Waals surface area (Å²) in [7, 11) is 0. The summed E-state index contributed by atoms with van der Waals surface area (Å²) in [5.74, 6) is 0.249. The Balaban J connectivity index is 1.93. The molecule has 0 saturated carbocycles. The number of rotatable bonds is 6. The van der Waals surface area contributed by atoms with Crippen molar-refractivity contribution in [2.45, 2.75) is 39.8 Å². The first-order chi connectivity index (χ1) is 15.9. The average molecular weight is 463 g/mol. The standard InChI is InChI=1S/C26H26N2O4S/c1-5-31-20-14-10-9-13-19(20)15-21-24(29)28-23(18-11-7-6-8-12-18)22(25(30)32-16(2)3)17(4)27-26(28)33-21/h6-16,23H,5H2,1-4H3. The van der Waals surface area contributed by atoms with Crippen LogP contribution in [0.15, 0.2) is 75.7 Å². The number of benzene rings is 2. The Bertz CT molecular complexity index is 1380. The summed E-state index contributed by atoms with van der Waals surface area (Å²) in [5.41, 5.74) is 2.36. The van der Waals surface area contributed by atoms with E-state index in [9.17, 15) is 9.59 Å². The Morgan fingerprint density at radius 1 is 1.15 bits per heavy atom. The van der Waals surface area contributed by atoms with E-state index >= 15 is 0 Å². The lowest BCUT2D eigenvalue weighted by Gasteiger charge is -2.25. The highest BCUT2D eigenvalue weighted by molar-refractivity contribution is 7.07. The van der Waals surface area contributed by atoms with E-state index < -0.39 is 12.0 Å². The lowest BCUT2D eigenvalue weighted by atomic mass is 9.96. The fourth-order valence-corrected chi connectivity index (χ4v) is 4.88. The monoisotopic (exact) mass is 462 g/mol. The molecule has 33 heavy (non-hydrogen) atoms. The topological polar surface area (TPSA) is 69.9 Å². The van der Waals surface area contributed by atoms with Crippen LogP contribution >= 0.6 is 11.3 Å². The number of thiazole rings is 1. The average Bonchev–Trinajstić information content (AvgIpc) is 3.09. The van der Waals surface area contributed by atoms with E-state index in [1.54, 1.807) is 25.3 Å². The molecule has 170 valence electrons. The number of ether oxygens (including phenoxy) is 2. The van der Waals surface area contributed by atoms with Crippen molar-refractivity contribution in [3.63, 3.8) is 0 Å². The van der Waals surface area contributed by atoms with Crippen molar-refractivity contribution in [2.75, 3.05) is 6.61 Å². The molecule has 7 heteroatoms. The Labute approximate surface area is 196 Å². The second kappa shape index (κ2) is 9.58. The van der Waals surface area contributed by atoms with Gasteiger partial charge in [-0.15, -0.1) is 0 Å². The minimum Gasteiger partial charge on any atom is -0.493 e. The molecule has 1 aromatic heterocycles. The van der Waals surface area contributed by atoms with E-state index in [0.29, 0.717) is 33.0 Å². The number of hydrogen-bond acceptors (Lipinski definition) is 6. The van der Waals surface area contributed by atoms with Gasteiger partial charge >= 0.3 is 5.97 Å². The summed E-state index contributed by atoms with van der Waals surface area (Å²) in [5, 5.41) is 0. The third kappa shape index (κ3) is 4.54. The van der Waals surface area contributed by atoms with Gasteiger partial charge in [-0.3, -0.25) is 9.36 Å². The minimum absolute atomic E-state index is 0.207. The second-order valence-electron chi connectivity index (χ2n) is 7.92. The van der Waals surface area contributed by atoms with Crippen LogP contribution in [0, 0.1) is 0 Å². The first kappa shape index (κ1) is 22.7. The Kier molecular flexibility index (Phi) is 6.60. The van der Waals surface area contributed by atoms with Crippen molar-refractivity contribution in [3.05, 3.63) is 96.7 Å². The molecule has 4 rings (SSSR count). The number of para-hydroxylation sites is 1. The van der Waals surface area contributed by atoms with Gasteiger partial charge in [0.05, 0.1) is 34.6 Å². The van der Waals surface area contributed by atoms with E-state index in [2.05, 4.69) is 4.99 Å². The predicted octanol–water partition coefficient (Wildman–Crippen LogP) is 3.59. The van der Waals surface area contributed by atoms with Crippen LogP contribution in [0.2, 0.25) is 0 Å². The number of carbonyl (C=O) groups excluding carboxylic acids is 1. The smallest absolute Gasteiger partial charge is 0.338 e. The number of carbonyl (C=O) groups is 1. The molecule has 0 spiro atoms. The summed E-state index contributed by atoms with van der Waals surface area (Å²) in [6.07, 6.45) is 1.54. The van der Waals surface area contributed by atoms with Crippen LogP contribution < -0.4 is 19.6 Å². The third-order valence-electron chi connectivity index (χ3n) is 5.21. The summed E-state index contributed by atoms with van der Waals surface area (Å²) >= 11 is 1.30. The molecule has 0 radical (unpaired) electrons. The third-order valence-corrected chi connectivity index (χ3v) is 6.19. The number of allylic oxidation sites excluding steroid dienone is 1. The van der Waals surface area contributed by atoms with Crippen LogP contribution in [0.5, 0.6) is 5.75 Å². The highest BCUT2D eigenvalue weighted by atomic mass is 32.1. The Morgan fingerprint density at radius 2 is 1.85 bits per heavy atom. The summed E-state index contributed by atoms with van der Waals surface area (Å²) in [4.78, 5) is 31.9. The fourth-order valence-electron chi connectivity index (χ4n) is 3.84. The van der Waals surface area contributed by atoms with Gasteiger partial charge in [-0.25, -0.2) is 9.79 Å². The quantitative estimate of drug-likeness (QED) is 0.525. The fraction of sp³-hybridized carbons (Fsp3) is 0.269. The highest BCUT2D eigenvalue weighted by Crippen LogP contribution is 2.30. The molecule has 1 aliphatic heterocycles. The maximum Gasteiger partial charge on any atom is 0.338 e. The van der Waals surface area contributed by atoms with E-state index in [4.69, 9.17) is 9.47 Å². The molecule has 0 N–H and O–H groups in total. The van der Waals surface area contributed by atoms with E-state index in [1.165, 1.54) is 11.3 Å². The Morgan fingerprint density at radius 3 is 2.55 bits per heavy atom. The predicted molar refractivity (Wildman–Crippen MR) is 129 cm³/mol. The molecular weight excluding hydrogens is 436 g/mol. The maximum atomic E-state index is 13.6. The zero-order chi connectivity index (χ0) is 23.5. The first-order valence-electron chi connectivity index (χ1n) is 10.9. The molecule has 1 atom stereocenters. The lowest BCUT2D eigenvalue weighted by Crippen LogP contribution is -2.40. The van der Waals surface area contributed by atoms with Crippen LogP contribution in [0.4, 0.5) is 0 Å². The zero-order valence-corrected chi connectivity index (χ0v) is 19.9. The molecule has 0 bridgehead atoms. The van der Waals surface area contributed by atoms with E-state index in [1.807, 2.05) is 67.6 Å². The second-order valence-corrected chi connectivity index (χ2v) is 8.93. The number of fused-ring (bicyclic) bond motifs is 1. The van der Waals surface area contributed by atoms with Crippen LogP contribution in [0.25, 0.3) is 6.08 Å². The van der Waals surface area contributed by atoms with Crippen LogP contribution in [-0.2, 0) is 9.53 Å². The van der Waals surface area contributed by atoms with Crippen molar-refractivity contribution < 1.29 is 14.3 Å². The van der Waals surface area contributed by atoms with Gasteiger partial charge in [0.15, 0.2) is 4.80 Å². The molecule has 1 unspecified atom stereocenters. The molecule has 2 heterocycles. The van der Waals surface area contributed by atoms with E-state index in [0.717, 1.165) is 11.1 Å². The summed E-state index contributed by atoms with van der Waals surface area (Å²) in [6.45, 7) is 7.84. The lowest BCUT2D eigenvalue weighted by molar-refractivity contribution is -0.143. The van der Waals surface area contributed by atoms with Crippen LogP contribution in [-0.4, -0.2) is 23.2 Å². The number of nitrogens with zero attached hydrogens (tertiary/aromatic N) is 2. The van der Waals surface area contributed by atoms with Gasteiger partial charge in [0.1, 0.15) is 5.75 Å². The zero-order valence-electron chi connectivity index (χ0n) is 19.1. The molecule has 6 nitrogen and oxygen atoms in total. The van der Waals surface area contributed by atoms with Gasteiger partial charge in [0.25, 0.3) is 5.56 Å². The van der Waals surface area contributed by atoms with Gasteiger partial charge in [-0.2, -0.15) is 0 Å². The SMILES string of the molecule is CCOc1ccccc1C=c1sc2n(c1=O)C(c1ccccc1)C(C(=O)OC(C)C)=C(C)N=2. The van der Waals surface area contributed by atoms with Crippen molar-refractivity contribution in [3.8, 4) is 5.75 Å². The number of aromatic nitrogens is 1. The highest BCUT2D eigenvalue weighted by Gasteiger charge is 2.33. The van der Waals surface area contributed by atoms with Gasteiger partial charge in [0.2, 0.25) is 0 Å². The van der Waals surface area contributed by atoms with Crippen molar-refractivity contribution in [1.29, 1.82) is 0 Å². The minimum atomic E-state index is -0.613. The van der Waals surface area contributed by atoms with Gasteiger partial charge in [0, 0.05) is 5.56 Å². The molecule has 3 aromatic rings. The van der Waals surface area contributed by atoms with Crippen molar-refractivity contribution >= 4 is 23.4 Å². The normalized spacial score (nSPS) is 15.9. The Hall–Kier alpha value is -3.45.